The van der Waals surface area contributed by atoms with Crippen molar-refractivity contribution in [3.8, 4) is 0 Å². The lowest BCUT2D eigenvalue weighted by molar-refractivity contribution is -0.328. The molecule has 4 fully saturated rings. The SMILES string of the molecule is CC(O)(COC(F)(F)C(F)(F)S(=O)(=O)O)C(=O)OC12CC3CC(CC(C3)C1)C2. The van der Waals surface area contributed by atoms with Gasteiger partial charge in [-0.2, -0.15) is 26.0 Å². The van der Waals surface area contributed by atoms with Gasteiger partial charge in [0.25, 0.3) is 0 Å². The Morgan fingerprint density at radius 2 is 1.50 bits per heavy atom. The summed E-state index contributed by atoms with van der Waals surface area (Å²) in [6.07, 6.45) is -0.782. The van der Waals surface area contributed by atoms with Crippen molar-refractivity contribution >= 4 is 16.1 Å². The molecule has 0 aromatic rings. The normalized spacial score (nSPS) is 34.9. The first-order chi connectivity index (χ1) is 12.6. The number of hydrogen-bond donors (Lipinski definition) is 2. The molecule has 28 heavy (non-hydrogen) atoms. The topological polar surface area (TPSA) is 110 Å². The zero-order chi connectivity index (χ0) is 21.2. The van der Waals surface area contributed by atoms with E-state index in [0.29, 0.717) is 37.0 Å². The van der Waals surface area contributed by atoms with Crippen LogP contribution in [0.3, 0.4) is 0 Å². The molecule has 4 rings (SSSR count). The van der Waals surface area contributed by atoms with Gasteiger partial charge in [0.15, 0.2) is 5.60 Å². The average molecular weight is 434 g/mol. The fraction of sp³-hybridized carbons (Fsp3) is 0.938. The fourth-order valence-electron chi connectivity index (χ4n) is 4.99. The third-order valence-corrected chi connectivity index (χ3v) is 6.81. The second-order valence-corrected chi connectivity index (χ2v) is 10.0. The molecule has 1 unspecified atom stereocenters. The van der Waals surface area contributed by atoms with Crippen LogP contribution in [-0.2, 0) is 24.4 Å². The molecule has 0 amide bonds. The standard InChI is InChI=1S/C16H22F4O7S/c1-13(22,8-26-15(17,18)16(19,20)28(23,24)25)12(21)27-14-5-9-2-10(6-14)4-11(3-9)7-14/h9-11,22H,2-8H2,1H3,(H,23,24,25). The van der Waals surface area contributed by atoms with Crippen LogP contribution < -0.4 is 0 Å². The molecule has 162 valence electrons. The monoisotopic (exact) mass is 434 g/mol. The molecule has 0 aromatic heterocycles. The quantitative estimate of drug-likeness (QED) is 0.360. The van der Waals surface area contributed by atoms with Gasteiger partial charge in [-0.25, -0.2) is 4.79 Å². The summed E-state index contributed by atoms with van der Waals surface area (Å²) >= 11 is 0. The number of rotatable bonds is 7. The predicted octanol–water partition coefficient (Wildman–Crippen LogP) is 2.34. The van der Waals surface area contributed by atoms with E-state index in [1.807, 2.05) is 0 Å². The van der Waals surface area contributed by atoms with Gasteiger partial charge < -0.3 is 14.6 Å². The van der Waals surface area contributed by atoms with E-state index < -0.39 is 45.3 Å². The molecule has 0 aliphatic heterocycles. The number of halogens is 4. The van der Waals surface area contributed by atoms with Crippen LogP contribution in [0.25, 0.3) is 0 Å². The first-order valence-corrected chi connectivity index (χ1v) is 10.3. The summed E-state index contributed by atoms with van der Waals surface area (Å²) in [5.74, 6) is -0.144. The first-order valence-electron chi connectivity index (χ1n) is 8.89. The van der Waals surface area contributed by atoms with Gasteiger partial charge in [0, 0.05) is 0 Å². The zero-order valence-corrected chi connectivity index (χ0v) is 15.9. The highest BCUT2D eigenvalue weighted by Gasteiger charge is 2.68. The van der Waals surface area contributed by atoms with Crippen LogP contribution >= 0.6 is 0 Å². The highest BCUT2D eigenvalue weighted by Crippen LogP contribution is 2.57. The lowest BCUT2D eigenvalue weighted by Gasteiger charge is -2.56. The molecule has 0 spiro atoms. The molecule has 2 N–H and O–H groups in total. The van der Waals surface area contributed by atoms with Crippen molar-refractivity contribution in [2.24, 2.45) is 17.8 Å². The molecule has 4 saturated carbocycles. The molecule has 0 saturated heterocycles. The van der Waals surface area contributed by atoms with Gasteiger partial charge in [-0.3, -0.25) is 4.55 Å². The summed E-state index contributed by atoms with van der Waals surface area (Å²) in [5, 5.41) is 4.17. The molecule has 4 bridgehead atoms. The highest BCUT2D eigenvalue weighted by atomic mass is 32.2. The Labute approximate surface area is 159 Å². The molecule has 0 heterocycles. The third kappa shape index (κ3) is 3.75. The van der Waals surface area contributed by atoms with E-state index in [1.54, 1.807) is 0 Å². The summed E-state index contributed by atoms with van der Waals surface area (Å²) < 4.78 is 91.4. The van der Waals surface area contributed by atoms with Gasteiger partial charge in [0.05, 0.1) is 6.61 Å². The Hall–Kier alpha value is -0.980. The summed E-state index contributed by atoms with van der Waals surface area (Å²) in [4.78, 5) is 12.4. The molecule has 0 aromatic carbocycles. The summed E-state index contributed by atoms with van der Waals surface area (Å²) in [6, 6.07) is 0. The number of aliphatic hydroxyl groups is 1. The second kappa shape index (κ2) is 6.51. The Kier molecular flexibility index (Phi) is 5.05. The predicted molar refractivity (Wildman–Crippen MR) is 85.0 cm³/mol. The number of ether oxygens (including phenoxy) is 2. The Bertz CT molecular complexity index is 715. The largest absolute Gasteiger partial charge is 0.459 e. The van der Waals surface area contributed by atoms with E-state index in [9.17, 15) is 35.9 Å². The zero-order valence-electron chi connectivity index (χ0n) is 15.0. The smallest absolute Gasteiger partial charge is 0.457 e. The van der Waals surface area contributed by atoms with E-state index >= 15 is 0 Å². The van der Waals surface area contributed by atoms with E-state index in [1.165, 1.54) is 0 Å². The van der Waals surface area contributed by atoms with Gasteiger partial charge in [0.1, 0.15) is 5.60 Å². The molecular formula is C16H22F4O7S. The van der Waals surface area contributed by atoms with Crippen LogP contribution in [0.5, 0.6) is 0 Å². The van der Waals surface area contributed by atoms with Gasteiger partial charge in [-0.15, -0.1) is 0 Å². The van der Waals surface area contributed by atoms with Crippen LogP contribution in [0.1, 0.15) is 45.4 Å². The van der Waals surface area contributed by atoms with Crippen molar-refractivity contribution in [2.75, 3.05) is 6.61 Å². The van der Waals surface area contributed by atoms with Crippen LogP contribution in [0.4, 0.5) is 17.6 Å². The van der Waals surface area contributed by atoms with E-state index in [-0.39, 0.29) is 0 Å². The lowest BCUT2D eigenvalue weighted by Crippen LogP contribution is -2.56. The molecule has 0 radical (unpaired) electrons. The number of carbonyl (C=O) groups is 1. The minimum absolute atomic E-state index is 0.387. The molecular weight excluding hydrogens is 412 g/mol. The van der Waals surface area contributed by atoms with Crippen molar-refractivity contribution < 1.29 is 49.9 Å². The van der Waals surface area contributed by atoms with Crippen LogP contribution in [0, 0.1) is 17.8 Å². The van der Waals surface area contributed by atoms with Crippen LogP contribution in [-0.4, -0.2) is 53.2 Å². The Morgan fingerprint density at radius 3 is 1.89 bits per heavy atom. The number of alkyl halides is 4. The first kappa shape index (κ1) is 21.7. The lowest BCUT2D eigenvalue weighted by atomic mass is 9.54. The molecule has 4 aliphatic rings. The highest BCUT2D eigenvalue weighted by molar-refractivity contribution is 7.86. The Balaban J connectivity index is 1.65. The maximum atomic E-state index is 13.4. The van der Waals surface area contributed by atoms with Crippen molar-refractivity contribution in [3.05, 3.63) is 0 Å². The van der Waals surface area contributed by atoms with Gasteiger partial charge in [0.2, 0.25) is 0 Å². The molecule has 12 heteroatoms. The summed E-state index contributed by atoms with van der Waals surface area (Å²) in [6.45, 7) is -0.909. The van der Waals surface area contributed by atoms with Crippen molar-refractivity contribution in [2.45, 2.75) is 68.0 Å². The minimum Gasteiger partial charge on any atom is -0.457 e. The summed E-state index contributed by atoms with van der Waals surface area (Å²) in [7, 11) is -6.49. The number of hydrogen-bond acceptors (Lipinski definition) is 6. The second-order valence-electron chi connectivity index (χ2n) is 8.56. The maximum absolute atomic E-state index is 13.4. The van der Waals surface area contributed by atoms with Crippen molar-refractivity contribution in [3.63, 3.8) is 0 Å². The van der Waals surface area contributed by atoms with Crippen molar-refractivity contribution in [1.82, 2.24) is 0 Å². The summed E-state index contributed by atoms with van der Waals surface area (Å²) in [5.41, 5.74) is -3.53. The Morgan fingerprint density at radius 1 is 1.07 bits per heavy atom. The average Bonchev–Trinajstić information content (AvgIpc) is 2.50. The van der Waals surface area contributed by atoms with E-state index in [4.69, 9.17) is 9.29 Å². The minimum atomic E-state index is -6.49. The van der Waals surface area contributed by atoms with E-state index in [0.717, 1.165) is 26.2 Å². The van der Waals surface area contributed by atoms with Crippen LogP contribution in [0.2, 0.25) is 0 Å². The molecule has 7 nitrogen and oxygen atoms in total. The van der Waals surface area contributed by atoms with Crippen molar-refractivity contribution in [1.29, 1.82) is 0 Å². The number of esters is 1. The third-order valence-electron chi connectivity index (χ3n) is 5.93. The van der Waals surface area contributed by atoms with Gasteiger partial charge >= 0.3 is 27.5 Å². The van der Waals surface area contributed by atoms with Crippen LogP contribution in [0.15, 0.2) is 0 Å². The van der Waals surface area contributed by atoms with Gasteiger partial charge in [-0.05, 0) is 63.2 Å². The molecule has 4 aliphatic carbocycles. The maximum Gasteiger partial charge on any atom is 0.459 e. The fourth-order valence-corrected chi connectivity index (χ4v) is 5.35. The molecule has 1 atom stereocenters. The van der Waals surface area contributed by atoms with E-state index in [2.05, 4.69) is 4.74 Å². The van der Waals surface area contributed by atoms with Gasteiger partial charge in [-0.1, -0.05) is 0 Å². The number of carbonyl (C=O) groups excluding carboxylic acids is 1.